The summed E-state index contributed by atoms with van der Waals surface area (Å²) in [5, 5.41) is 2.54. The Morgan fingerprint density at radius 3 is 2.37 bits per heavy atom. The number of hydrogen-bond acceptors (Lipinski definition) is 1. The average molecular weight is 252 g/mol. The molecule has 0 aliphatic carbocycles. The lowest BCUT2D eigenvalue weighted by molar-refractivity contribution is 0.596. The standard InChI is InChI=1S/C17H20N2/c1-11-7-5-8-12-15-13(17(2,3)4)9-6-10-14(15)19(18)16(11)12/h5-10H,18H2,1-4H3. The van der Waals surface area contributed by atoms with Crippen LogP contribution in [0.3, 0.4) is 0 Å². The molecule has 19 heavy (non-hydrogen) atoms. The summed E-state index contributed by atoms with van der Waals surface area (Å²) in [6.45, 7) is 8.85. The van der Waals surface area contributed by atoms with E-state index in [1.807, 2.05) is 4.68 Å². The van der Waals surface area contributed by atoms with E-state index in [0.717, 1.165) is 11.0 Å². The van der Waals surface area contributed by atoms with Crippen molar-refractivity contribution in [2.75, 3.05) is 5.84 Å². The van der Waals surface area contributed by atoms with Crippen LogP contribution in [0.2, 0.25) is 0 Å². The molecule has 0 radical (unpaired) electrons. The van der Waals surface area contributed by atoms with Crippen LogP contribution in [-0.4, -0.2) is 4.68 Å². The fourth-order valence-corrected chi connectivity index (χ4v) is 2.95. The van der Waals surface area contributed by atoms with Gasteiger partial charge in [0.15, 0.2) is 0 Å². The molecule has 0 amide bonds. The van der Waals surface area contributed by atoms with Crippen molar-refractivity contribution >= 4 is 21.8 Å². The molecule has 0 spiro atoms. The maximum atomic E-state index is 6.30. The van der Waals surface area contributed by atoms with E-state index in [-0.39, 0.29) is 5.41 Å². The van der Waals surface area contributed by atoms with E-state index in [9.17, 15) is 0 Å². The number of aromatic nitrogens is 1. The smallest absolute Gasteiger partial charge is 0.0732 e. The molecule has 0 saturated heterocycles. The van der Waals surface area contributed by atoms with Crippen molar-refractivity contribution in [3.63, 3.8) is 0 Å². The van der Waals surface area contributed by atoms with Crippen LogP contribution in [0, 0.1) is 6.92 Å². The number of para-hydroxylation sites is 1. The highest BCUT2D eigenvalue weighted by Crippen LogP contribution is 2.36. The molecule has 0 atom stereocenters. The van der Waals surface area contributed by atoms with Crippen molar-refractivity contribution in [1.82, 2.24) is 4.68 Å². The van der Waals surface area contributed by atoms with Gasteiger partial charge < -0.3 is 5.84 Å². The second-order valence-electron chi connectivity index (χ2n) is 6.29. The molecule has 2 aromatic carbocycles. The highest BCUT2D eigenvalue weighted by molar-refractivity contribution is 6.11. The summed E-state index contributed by atoms with van der Waals surface area (Å²) in [5.41, 5.74) is 4.92. The van der Waals surface area contributed by atoms with Crippen LogP contribution in [0.15, 0.2) is 36.4 Å². The van der Waals surface area contributed by atoms with E-state index >= 15 is 0 Å². The molecule has 2 heteroatoms. The van der Waals surface area contributed by atoms with Gasteiger partial charge in [0.1, 0.15) is 0 Å². The van der Waals surface area contributed by atoms with E-state index in [0.29, 0.717) is 0 Å². The number of rotatable bonds is 0. The summed E-state index contributed by atoms with van der Waals surface area (Å²) >= 11 is 0. The van der Waals surface area contributed by atoms with Gasteiger partial charge in [0.2, 0.25) is 0 Å². The maximum Gasteiger partial charge on any atom is 0.0732 e. The van der Waals surface area contributed by atoms with E-state index in [2.05, 4.69) is 64.1 Å². The number of hydrogen-bond donors (Lipinski definition) is 1. The van der Waals surface area contributed by atoms with Gasteiger partial charge in [-0.05, 0) is 29.5 Å². The normalized spacial score (nSPS) is 12.4. The van der Waals surface area contributed by atoms with Crippen molar-refractivity contribution in [1.29, 1.82) is 0 Å². The summed E-state index contributed by atoms with van der Waals surface area (Å²) in [6, 6.07) is 12.8. The number of nitrogens with two attached hydrogens (primary N) is 1. The third kappa shape index (κ3) is 1.63. The Hall–Kier alpha value is -1.96. The van der Waals surface area contributed by atoms with Crippen LogP contribution in [0.4, 0.5) is 0 Å². The van der Waals surface area contributed by atoms with Crippen molar-refractivity contribution in [3.8, 4) is 0 Å². The molecule has 0 unspecified atom stereocenters. The molecule has 0 fully saturated rings. The number of fused-ring (bicyclic) bond motifs is 3. The summed E-state index contributed by atoms with van der Waals surface area (Å²) < 4.78 is 1.83. The Bertz CT molecular complexity index is 773. The molecule has 0 bridgehead atoms. The van der Waals surface area contributed by atoms with Crippen molar-refractivity contribution in [2.45, 2.75) is 33.1 Å². The quantitative estimate of drug-likeness (QED) is 0.600. The number of nitrogen functional groups attached to an aromatic ring is 1. The van der Waals surface area contributed by atoms with E-state index < -0.39 is 0 Å². The second-order valence-corrected chi connectivity index (χ2v) is 6.29. The second kappa shape index (κ2) is 3.77. The van der Waals surface area contributed by atoms with Crippen LogP contribution in [-0.2, 0) is 5.41 Å². The minimum absolute atomic E-state index is 0.109. The van der Waals surface area contributed by atoms with Crippen LogP contribution in [0.1, 0.15) is 31.9 Å². The fraction of sp³-hybridized carbons (Fsp3) is 0.294. The maximum absolute atomic E-state index is 6.30. The van der Waals surface area contributed by atoms with Gasteiger partial charge in [-0.3, -0.25) is 4.68 Å². The van der Waals surface area contributed by atoms with E-state index in [1.165, 1.54) is 21.9 Å². The Morgan fingerprint density at radius 2 is 1.68 bits per heavy atom. The molecular weight excluding hydrogens is 232 g/mol. The lowest BCUT2D eigenvalue weighted by Gasteiger charge is -2.20. The molecule has 0 saturated carbocycles. The summed E-state index contributed by atoms with van der Waals surface area (Å²) in [6.07, 6.45) is 0. The first kappa shape index (κ1) is 12.1. The van der Waals surface area contributed by atoms with Gasteiger partial charge in [-0.25, -0.2) is 0 Å². The largest absolute Gasteiger partial charge is 0.339 e. The van der Waals surface area contributed by atoms with Gasteiger partial charge in [0.25, 0.3) is 0 Å². The Balaban J connectivity index is 2.61. The third-order valence-electron chi connectivity index (χ3n) is 3.86. The third-order valence-corrected chi connectivity index (χ3v) is 3.86. The van der Waals surface area contributed by atoms with Gasteiger partial charge in [0, 0.05) is 10.8 Å². The highest BCUT2D eigenvalue weighted by atomic mass is 15.3. The average Bonchev–Trinajstić information content (AvgIpc) is 2.64. The fourth-order valence-electron chi connectivity index (χ4n) is 2.95. The van der Waals surface area contributed by atoms with E-state index in [1.54, 1.807) is 0 Å². The molecular formula is C17H20N2. The molecule has 0 aliphatic rings. The molecule has 0 aliphatic heterocycles. The van der Waals surface area contributed by atoms with E-state index in [4.69, 9.17) is 5.84 Å². The van der Waals surface area contributed by atoms with Crippen LogP contribution >= 0.6 is 0 Å². The zero-order valence-electron chi connectivity index (χ0n) is 12.0. The van der Waals surface area contributed by atoms with Crippen LogP contribution < -0.4 is 5.84 Å². The van der Waals surface area contributed by atoms with Gasteiger partial charge in [-0.1, -0.05) is 51.1 Å². The predicted molar refractivity (Wildman–Crippen MR) is 83.0 cm³/mol. The molecule has 2 N–H and O–H groups in total. The summed E-state index contributed by atoms with van der Waals surface area (Å²) in [4.78, 5) is 0. The number of benzene rings is 2. The first-order valence-corrected chi connectivity index (χ1v) is 6.69. The van der Waals surface area contributed by atoms with Crippen molar-refractivity contribution < 1.29 is 0 Å². The molecule has 1 aromatic heterocycles. The first-order chi connectivity index (χ1) is 8.91. The van der Waals surface area contributed by atoms with Gasteiger partial charge in [-0.2, -0.15) is 0 Å². The van der Waals surface area contributed by atoms with Crippen LogP contribution in [0.25, 0.3) is 21.8 Å². The minimum atomic E-state index is 0.109. The molecule has 1 heterocycles. The SMILES string of the molecule is Cc1cccc2c3c(C(C)(C)C)cccc3n(N)c12. The summed E-state index contributed by atoms with van der Waals surface area (Å²) in [5.74, 6) is 6.30. The lowest BCUT2D eigenvalue weighted by atomic mass is 9.84. The van der Waals surface area contributed by atoms with Crippen molar-refractivity contribution in [3.05, 3.63) is 47.5 Å². The Morgan fingerprint density at radius 1 is 1.00 bits per heavy atom. The monoisotopic (exact) mass is 252 g/mol. The Labute approximate surface area is 113 Å². The Kier molecular flexibility index (Phi) is 2.40. The topological polar surface area (TPSA) is 30.9 Å². The zero-order chi connectivity index (χ0) is 13.8. The first-order valence-electron chi connectivity index (χ1n) is 6.69. The zero-order valence-corrected chi connectivity index (χ0v) is 12.0. The number of aryl methyl sites for hydroxylation is 1. The molecule has 3 rings (SSSR count). The predicted octanol–water partition coefficient (Wildman–Crippen LogP) is 4.11. The minimum Gasteiger partial charge on any atom is -0.339 e. The molecule has 2 nitrogen and oxygen atoms in total. The van der Waals surface area contributed by atoms with Gasteiger partial charge in [-0.15, -0.1) is 0 Å². The molecule has 3 aromatic rings. The number of nitrogens with zero attached hydrogens (tertiary/aromatic N) is 1. The highest BCUT2D eigenvalue weighted by Gasteiger charge is 2.21. The van der Waals surface area contributed by atoms with Gasteiger partial charge >= 0.3 is 0 Å². The van der Waals surface area contributed by atoms with Crippen molar-refractivity contribution in [2.24, 2.45) is 0 Å². The molecule has 98 valence electrons. The lowest BCUT2D eigenvalue weighted by Crippen LogP contribution is -2.12. The summed E-state index contributed by atoms with van der Waals surface area (Å²) in [7, 11) is 0. The van der Waals surface area contributed by atoms with Crippen LogP contribution in [0.5, 0.6) is 0 Å². The van der Waals surface area contributed by atoms with Gasteiger partial charge in [0.05, 0.1) is 11.0 Å².